The van der Waals surface area contributed by atoms with Crippen molar-refractivity contribution in [3.8, 4) is 0 Å². The zero-order chi connectivity index (χ0) is 14.5. The zero-order valence-electron chi connectivity index (χ0n) is 10.2. The Morgan fingerprint density at radius 3 is 2.55 bits per heavy atom. The highest BCUT2D eigenvalue weighted by Gasteiger charge is 2.07. The van der Waals surface area contributed by atoms with E-state index in [0.717, 1.165) is 4.90 Å². The number of rotatable bonds is 4. The normalized spacial score (nSPS) is 10.3. The highest BCUT2D eigenvalue weighted by Crippen LogP contribution is 2.26. The molecule has 1 N–H and O–H groups in total. The molecule has 0 atom stereocenters. The number of nitrogens with one attached hydrogen (secondary N) is 1. The summed E-state index contributed by atoms with van der Waals surface area (Å²) in [5, 5.41) is 4.35. The van der Waals surface area contributed by atoms with Gasteiger partial charge in [-0.1, -0.05) is 40.9 Å². The summed E-state index contributed by atoms with van der Waals surface area (Å²) in [6.07, 6.45) is 0. The summed E-state index contributed by atoms with van der Waals surface area (Å²) in [7, 11) is 0. The smallest absolute Gasteiger partial charge is 0.234 e. The molecule has 0 saturated carbocycles. The van der Waals surface area contributed by atoms with Crippen molar-refractivity contribution in [2.24, 2.45) is 0 Å². The standard InChI is InChI=1S/C14H10Cl3NOS/c15-9-2-1-3-11(6-9)20-8-14(19)18-13-7-10(16)4-5-12(13)17/h1-7H,8H2,(H,18,19). The van der Waals surface area contributed by atoms with Crippen LogP contribution in [0.5, 0.6) is 0 Å². The minimum Gasteiger partial charge on any atom is -0.324 e. The molecule has 0 fully saturated rings. The van der Waals surface area contributed by atoms with Crippen molar-refractivity contribution < 1.29 is 4.79 Å². The molecule has 6 heteroatoms. The summed E-state index contributed by atoms with van der Waals surface area (Å²) in [5.74, 6) is 0.113. The van der Waals surface area contributed by atoms with Crippen LogP contribution in [0.4, 0.5) is 5.69 Å². The van der Waals surface area contributed by atoms with Crippen LogP contribution in [0.15, 0.2) is 47.4 Å². The molecule has 0 bridgehead atoms. The van der Waals surface area contributed by atoms with Gasteiger partial charge in [-0.25, -0.2) is 0 Å². The average Bonchev–Trinajstić information content (AvgIpc) is 2.41. The SMILES string of the molecule is O=C(CSc1cccc(Cl)c1)Nc1cc(Cl)ccc1Cl. The number of carbonyl (C=O) groups excluding carboxylic acids is 1. The molecule has 0 saturated heterocycles. The second-order valence-corrected chi connectivity index (χ2v) is 6.25. The van der Waals surface area contributed by atoms with Crippen LogP contribution in [0.1, 0.15) is 0 Å². The van der Waals surface area contributed by atoms with E-state index in [9.17, 15) is 4.79 Å². The maximum atomic E-state index is 11.9. The topological polar surface area (TPSA) is 29.1 Å². The highest BCUT2D eigenvalue weighted by atomic mass is 35.5. The van der Waals surface area contributed by atoms with Crippen molar-refractivity contribution in [1.29, 1.82) is 0 Å². The van der Waals surface area contributed by atoms with Gasteiger partial charge in [-0.3, -0.25) is 4.79 Å². The number of hydrogen-bond donors (Lipinski definition) is 1. The number of benzene rings is 2. The molecule has 2 aromatic carbocycles. The lowest BCUT2D eigenvalue weighted by Crippen LogP contribution is -2.14. The van der Waals surface area contributed by atoms with E-state index in [1.165, 1.54) is 11.8 Å². The fourth-order valence-electron chi connectivity index (χ4n) is 1.49. The van der Waals surface area contributed by atoms with Crippen LogP contribution in [0.2, 0.25) is 15.1 Å². The fourth-order valence-corrected chi connectivity index (χ4v) is 2.83. The predicted molar refractivity (Wildman–Crippen MR) is 87.3 cm³/mol. The number of carbonyl (C=O) groups is 1. The Balaban J connectivity index is 1.94. The summed E-state index contributed by atoms with van der Waals surface area (Å²) < 4.78 is 0. The van der Waals surface area contributed by atoms with Gasteiger partial charge in [0.1, 0.15) is 0 Å². The van der Waals surface area contributed by atoms with Crippen molar-refractivity contribution in [1.82, 2.24) is 0 Å². The van der Waals surface area contributed by atoms with Crippen LogP contribution in [-0.2, 0) is 4.79 Å². The third-order valence-corrected chi connectivity index (χ3v) is 4.16. The van der Waals surface area contributed by atoms with E-state index in [0.29, 0.717) is 20.8 Å². The van der Waals surface area contributed by atoms with E-state index < -0.39 is 0 Å². The van der Waals surface area contributed by atoms with Crippen LogP contribution >= 0.6 is 46.6 Å². The number of thioether (sulfide) groups is 1. The Morgan fingerprint density at radius 2 is 1.80 bits per heavy atom. The summed E-state index contributed by atoms with van der Waals surface area (Å²) >= 11 is 19.1. The first-order chi connectivity index (χ1) is 9.54. The van der Waals surface area contributed by atoms with E-state index in [4.69, 9.17) is 34.8 Å². The fraction of sp³-hybridized carbons (Fsp3) is 0.0714. The Bertz CT molecular complexity index is 634. The average molecular weight is 347 g/mol. The van der Waals surface area contributed by atoms with E-state index in [-0.39, 0.29) is 11.7 Å². The van der Waals surface area contributed by atoms with Gasteiger partial charge in [0.25, 0.3) is 0 Å². The summed E-state index contributed by atoms with van der Waals surface area (Å²) in [5.41, 5.74) is 0.510. The predicted octanol–water partition coefficient (Wildman–Crippen LogP) is 5.38. The molecular formula is C14H10Cl3NOS. The minimum atomic E-state index is -0.154. The molecule has 0 unspecified atom stereocenters. The van der Waals surface area contributed by atoms with Gasteiger partial charge in [-0.2, -0.15) is 0 Å². The monoisotopic (exact) mass is 345 g/mol. The van der Waals surface area contributed by atoms with Crippen molar-refractivity contribution in [2.45, 2.75) is 4.90 Å². The van der Waals surface area contributed by atoms with Gasteiger partial charge < -0.3 is 5.32 Å². The van der Waals surface area contributed by atoms with Gasteiger partial charge in [0.05, 0.1) is 16.5 Å². The van der Waals surface area contributed by atoms with Gasteiger partial charge in [0, 0.05) is 14.9 Å². The molecule has 0 aliphatic carbocycles. The van der Waals surface area contributed by atoms with Gasteiger partial charge in [0.2, 0.25) is 5.91 Å². The van der Waals surface area contributed by atoms with Crippen molar-refractivity contribution in [3.63, 3.8) is 0 Å². The maximum absolute atomic E-state index is 11.9. The molecule has 0 aromatic heterocycles. The van der Waals surface area contributed by atoms with E-state index in [1.807, 2.05) is 18.2 Å². The van der Waals surface area contributed by atoms with Gasteiger partial charge in [-0.15, -0.1) is 11.8 Å². The summed E-state index contributed by atoms with van der Waals surface area (Å²) in [6, 6.07) is 12.3. The molecule has 2 aromatic rings. The molecule has 0 aliphatic heterocycles. The maximum Gasteiger partial charge on any atom is 0.234 e. The molecule has 104 valence electrons. The van der Waals surface area contributed by atoms with Crippen molar-refractivity contribution >= 4 is 58.2 Å². The number of halogens is 3. The first-order valence-corrected chi connectivity index (χ1v) is 7.80. The molecule has 0 heterocycles. The number of hydrogen-bond acceptors (Lipinski definition) is 2. The molecule has 0 aliphatic rings. The van der Waals surface area contributed by atoms with Gasteiger partial charge >= 0.3 is 0 Å². The summed E-state index contributed by atoms with van der Waals surface area (Å²) in [6.45, 7) is 0. The Labute approximate surface area is 136 Å². The van der Waals surface area contributed by atoms with E-state index >= 15 is 0 Å². The lowest BCUT2D eigenvalue weighted by molar-refractivity contribution is -0.113. The minimum absolute atomic E-state index is 0.154. The third kappa shape index (κ3) is 4.60. The van der Waals surface area contributed by atoms with Crippen molar-refractivity contribution in [3.05, 3.63) is 57.5 Å². The molecule has 1 amide bonds. The second kappa shape index (κ2) is 7.23. The Kier molecular flexibility index (Phi) is 5.61. The first-order valence-electron chi connectivity index (χ1n) is 5.68. The molecule has 0 spiro atoms. The van der Waals surface area contributed by atoms with Crippen LogP contribution in [0, 0.1) is 0 Å². The van der Waals surface area contributed by atoms with Crippen LogP contribution in [0.25, 0.3) is 0 Å². The Morgan fingerprint density at radius 1 is 1.05 bits per heavy atom. The third-order valence-electron chi connectivity index (χ3n) is 2.37. The molecule has 20 heavy (non-hydrogen) atoms. The largest absolute Gasteiger partial charge is 0.324 e. The van der Waals surface area contributed by atoms with Crippen LogP contribution in [-0.4, -0.2) is 11.7 Å². The number of anilines is 1. The number of amides is 1. The van der Waals surface area contributed by atoms with E-state index in [2.05, 4.69) is 5.32 Å². The molecule has 2 rings (SSSR count). The van der Waals surface area contributed by atoms with Crippen molar-refractivity contribution in [2.75, 3.05) is 11.1 Å². The zero-order valence-corrected chi connectivity index (χ0v) is 13.3. The quantitative estimate of drug-likeness (QED) is 0.753. The van der Waals surface area contributed by atoms with Gasteiger partial charge in [0.15, 0.2) is 0 Å². The lowest BCUT2D eigenvalue weighted by atomic mass is 10.3. The van der Waals surface area contributed by atoms with Crippen LogP contribution in [0.3, 0.4) is 0 Å². The van der Waals surface area contributed by atoms with Gasteiger partial charge in [-0.05, 0) is 36.4 Å². The molecular weight excluding hydrogens is 337 g/mol. The van der Waals surface area contributed by atoms with E-state index in [1.54, 1.807) is 24.3 Å². The highest BCUT2D eigenvalue weighted by molar-refractivity contribution is 8.00. The molecule has 2 nitrogen and oxygen atoms in total. The first kappa shape index (κ1) is 15.5. The van der Waals surface area contributed by atoms with Crippen LogP contribution < -0.4 is 5.32 Å². The lowest BCUT2D eigenvalue weighted by Gasteiger charge is -2.07. The molecule has 0 radical (unpaired) electrons. The summed E-state index contributed by atoms with van der Waals surface area (Å²) in [4.78, 5) is 12.8. The second-order valence-electron chi connectivity index (χ2n) is 3.92. The Hall–Kier alpha value is -0.870.